The highest BCUT2D eigenvalue weighted by atomic mass is 127. The van der Waals surface area contributed by atoms with Crippen LogP contribution in [0.4, 0.5) is 0 Å². The van der Waals surface area contributed by atoms with E-state index < -0.39 is 0 Å². The van der Waals surface area contributed by atoms with Gasteiger partial charge < -0.3 is 5.11 Å². The van der Waals surface area contributed by atoms with Gasteiger partial charge in [-0.2, -0.15) is 0 Å². The van der Waals surface area contributed by atoms with Gasteiger partial charge in [0, 0.05) is 36.0 Å². The second kappa shape index (κ2) is 3.53. The highest BCUT2D eigenvalue weighted by Gasteiger charge is 2.06. The molecule has 0 unspecified atom stereocenters. The number of hydrogen-bond acceptors (Lipinski definition) is 2. The summed E-state index contributed by atoms with van der Waals surface area (Å²) < 4.78 is 2.21. The van der Waals surface area contributed by atoms with Crippen molar-refractivity contribution in [3.05, 3.63) is 11.6 Å². The van der Waals surface area contributed by atoms with Crippen LogP contribution in [0.25, 0.3) is 0 Å². The molecule has 0 aromatic rings. The molecule has 0 atom stereocenters. The molecule has 9 heavy (non-hydrogen) atoms. The predicted octanol–water partition coefficient (Wildman–Crippen LogP) is 0.961. The molecule has 0 fully saturated rings. The molecule has 1 rings (SSSR count). The van der Waals surface area contributed by atoms with Crippen LogP contribution in [-0.2, 0) is 0 Å². The van der Waals surface area contributed by atoms with Crippen LogP contribution in [0, 0.1) is 0 Å². The van der Waals surface area contributed by atoms with E-state index >= 15 is 0 Å². The number of hydrogen-bond donors (Lipinski definition) is 1. The summed E-state index contributed by atoms with van der Waals surface area (Å²) in [5.41, 5.74) is 1.18. The third kappa shape index (κ3) is 2.23. The van der Waals surface area contributed by atoms with Crippen LogP contribution in [0.5, 0.6) is 0 Å². The number of halogens is 1. The first-order chi connectivity index (χ1) is 4.33. The molecule has 0 saturated heterocycles. The Labute approximate surface area is 69.0 Å². The van der Waals surface area contributed by atoms with Crippen molar-refractivity contribution >= 4 is 22.9 Å². The molecule has 52 valence electrons. The average molecular weight is 239 g/mol. The Morgan fingerprint density at radius 1 is 1.78 bits per heavy atom. The average Bonchev–Trinajstić information content (AvgIpc) is 1.90. The lowest BCUT2D eigenvalue weighted by Gasteiger charge is -2.18. The van der Waals surface area contributed by atoms with Gasteiger partial charge in [-0.05, 0) is 12.0 Å². The first-order valence-corrected chi connectivity index (χ1v) is 3.99. The zero-order valence-corrected chi connectivity index (χ0v) is 7.34. The smallest absolute Gasteiger partial charge is 0.0642 e. The summed E-state index contributed by atoms with van der Waals surface area (Å²) >= 11 is 2.29. The van der Waals surface area contributed by atoms with E-state index in [4.69, 9.17) is 5.11 Å². The van der Waals surface area contributed by atoms with Gasteiger partial charge in [0.05, 0.1) is 6.61 Å². The van der Waals surface area contributed by atoms with Crippen molar-refractivity contribution in [1.29, 1.82) is 0 Å². The zero-order chi connectivity index (χ0) is 6.69. The summed E-state index contributed by atoms with van der Waals surface area (Å²) in [5, 5.41) is 8.69. The number of rotatable bonds is 1. The van der Waals surface area contributed by atoms with E-state index in [2.05, 4.69) is 32.1 Å². The molecular weight excluding hydrogens is 229 g/mol. The lowest BCUT2D eigenvalue weighted by Crippen LogP contribution is -2.19. The normalized spacial score (nSPS) is 21.8. The van der Waals surface area contributed by atoms with Crippen LogP contribution in [0.1, 0.15) is 6.42 Å². The van der Waals surface area contributed by atoms with Crippen molar-refractivity contribution in [2.75, 3.05) is 19.7 Å². The van der Waals surface area contributed by atoms with Gasteiger partial charge in [-0.3, -0.25) is 0 Å². The molecule has 0 bridgehead atoms. The molecule has 2 nitrogen and oxygen atoms in total. The standard InChI is InChI=1S/C6H10INO/c7-8-3-1-6(5-9)2-4-8/h1,9H,2-5H2. The third-order valence-electron chi connectivity index (χ3n) is 1.46. The molecule has 0 aromatic carbocycles. The summed E-state index contributed by atoms with van der Waals surface area (Å²) in [6.07, 6.45) is 3.12. The molecule has 1 aliphatic heterocycles. The van der Waals surface area contributed by atoms with Crippen LogP contribution < -0.4 is 0 Å². The first-order valence-electron chi connectivity index (χ1n) is 3.02. The van der Waals surface area contributed by atoms with E-state index in [1.54, 1.807) is 0 Å². The van der Waals surface area contributed by atoms with E-state index in [1.165, 1.54) is 5.57 Å². The van der Waals surface area contributed by atoms with Gasteiger partial charge in [0.2, 0.25) is 0 Å². The maximum absolute atomic E-state index is 8.69. The van der Waals surface area contributed by atoms with Crippen LogP contribution in [0.15, 0.2) is 11.6 Å². The quantitative estimate of drug-likeness (QED) is 0.418. The highest BCUT2D eigenvalue weighted by Crippen LogP contribution is 2.12. The maximum atomic E-state index is 8.69. The molecule has 0 radical (unpaired) electrons. The Balaban J connectivity index is 2.40. The van der Waals surface area contributed by atoms with Crippen molar-refractivity contribution < 1.29 is 5.11 Å². The molecule has 0 aromatic heterocycles. The molecule has 1 aliphatic rings. The van der Waals surface area contributed by atoms with E-state index in [-0.39, 0.29) is 6.61 Å². The third-order valence-corrected chi connectivity index (χ3v) is 2.33. The summed E-state index contributed by atoms with van der Waals surface area (Å²) in [4.78, 5) is 0. The summed E-state index contributed by atoms with van der Waals surface area (Å²) in [7, 11) is 0. The minimum absolute atomic E-state index is 0.241. The van der Waals surface area contributed by atoms with Crippen LogP contribution in [0.2, 0.25) is 0 Å². The van der Waals surface area contributed by atoms with Crippen molar-refractivity contribution in [1.82, 2.24) is 3.11 Å². The molecular formula is C6H10INO. The van der Waals surface area contributed by atoms with Crippen LogP contribution >= 0.6 is 22.9 Å². The zero-order valence-electron chi connectivity index (χ0n) is 5.18. The fourth-order valence-electron chi connectivity index (χ4n) is 0.830. The number of aliphatic hydroxyl groups excluding tert-OH is 1. The van der Waals surface area contributed by atoms with Crippen molar-refractivity contribution in [2.45, 2.75) is 6.42 Å². The lowest BCUT2D eigenvalue weighted by molar-refractivity contribution is 0.319. The Morgan fingerprint density at radius 3 is 3.00 bits per heavy atom. The van der Waals surface area contributed by atoms with Crippen LogP contribution in [0.3, 0.4) is 0 Å². The molecule has 1 N–H and O–H groups in total. The second-order valence-electron chi connectivity index (χ2n) is 2.14. The van der Waals surface area contributed by atoms with Crippen molar-refractivity contribution in [3.63, 3.8) is 0 Å². The van der Waals surface area contributed by atoms with E-state index in [0.717, 1.165) is 19.5 Å². The number of nitrogens with zero attached hydrogens (tertiary/aromatic N) is 1. The van der Waals surface area contributed by atoms with Gasteiger partial charge in [0.15, 0.2) is 0 Å². The Hall–Kier alpha value is 0.390. The summed E-state index contributed by atoms with van der Waals surface area (Å²) in [5.74, 6) is 0. The monoisotopic (exact) mass is 239 g/mol. The molecule has 0 aliphatic carbocycles. The van der Waals surface area contributed by atoms with Gasteiger partial charge in [-0.15, -0.1) is 0 Å². The fraction of sp³-hybridized carbons (Fsp3) is 0.667. The number of aliphatic hydroxyl groups is 1. The van der Waals surface area contributed by atoms with E-state index in [1.807, 2.05) is 0 Å². The van der Waals surface area contributed by atoms with Crippen molar-refractivity contribution in [3.8, 4) is 0 Å². The Morgan fingerprint density at radius 2 is 2.56 bits per heavy atom. The first kappa shape index (κ1) is 7.50. The largest absolute Gasteiger partial charge is 0.392 e. The molecule has 3 heteroatoms. The van der Waals surface area contributed by atoms with E-state index in [0.29, 0.717) is 0 Å². The highest BCUT2D eigenvalue weighted by molar-refractivity contribution is 14.1. The van der Waals surface area contributed by atoms with Gasteiger partial charge >= 0.3 is 0 Å². The van der Waals surface area contributed by atoms with Gasteiger partial charge in [0.1, 0.15) is 0 Å². The Bertz CT molecular complexity index is 124. The van der Waals surface area contributed by atoms with Gasteiger partial charge in [-0.25, -0.2) is 3.11 Å². The Kier molecular flexibility index (Phi) is 2.94. The molecule has 0 spiro atoms. The topological polar surface area (TPSA) is 23.5 Å². The second-order valence-corrected chi connectivity index (χ2v) is 3.50. The predicted molar refractivity (Wildman–Crippen MR) is 45.4 cm³/mol. The fourth-order valence-corrected chi connectivity index (χ4v) is 1.27. The maximum Gasteiger partial charge on any atom is 0.0642 e. The van der Waals surface area contributed by atoms with Crippen molar-refractivity contribution in [2.24, 2.45) is 0 Å². The SMILES string of the molecule is OCC1=CCN(I)CC1. The van der Waals surface area contributed by atoms with E-state index in [9.17, 15) is 0 Å². The van der Waals surface area contributed by atoms with Crippen LogP contribution in [-0.4, -0.2) is 27.9 Å². The minimum Gasteiger partial charge on any atom is -0.392 e. The molecule has 0 saturated carbocycles. The lowest BCUT2D eigenvalue weighted by atomic mass is 10.1. The summed E-state index contributed by atoms with van der Waals surface area (Å²) in [6, 6.07) is 0. The molecule has 1 heterocycles. The summed E-state index contributed by atoms with van der Waals surface area (Å²) in [6.45, 7) is 2.30. The molecule has 0 amide bonds. The van der Waals surface area contributed by atoms with Gasteiger partial charge in [0.25, 0.3) is 0 Å². The minimum atomic E-state index is 0.241. The van der Waals surface area contributed by atoms with Gasteiger partial charge in [-0.1, -0.05) is 6.08 Å².